The topological polar surface area (TPSA) is 120 Å². The molecule has 8 heteroatoms. The number of likely N-dealkylation sites (tertiary alicyclic amines) is 1. The van der Waals surface area contributed by atoms with Gasteiger partial charge in [-0.25, -0.2) is 0 Å². The van der Waals surface area contributed by atoms with Crippen molar-refractivity contribution in [3.05, 3.63) is 82.0 Å². The van der Waals surface area contributed by atoms with Gasteiger partial charge in [0.1, 0.15) is 28.2 Å². The van der Waals surface area contributed by atoms with Crippen molar-refractivity contribution in [3.63, 3.8) is 0 Å². The average molecular weight is 516 g/mol. The number of benzene rings is 3. The second-order valence-corrected chi connectivity index (χ2v) is 9.50. The highest BCUT2D eigenvalue weighted by molar-refractivity contribution is 5.91. The number of fused-ring (bicyclic) bond motifs is 1. The first-order chi connectivity index (χ1) is 18.4. The summed E-state index contributed by atoms with van der Waals surface area (Å²) in [5.74, 6) is -1.22. The Bertz CT molecular complexity index is 1540. The molecule has 5 rings (SSSR count). The van der Waals surface area contributed by atoms with E-state index in [0.717, 1.165) is 25.3 Å². The molecule has 1 saturated heterocycles. The maximum Gasteiger partial charge on any atom is 0.223 e. The number of rotatable bonds is 6. The van der Waals surface area contributed by atoms with Crippen molar-refractivity contribution in [3.8, 4) is 34.3 Å². The van der Waals surface area contributed by atoms with Crippen LogP contribution in [0, 0.1) is 0 Å². The zero-order valence-electron chi connectivity index (χ0n) is 21.0. The number of carbonyl (C=O) groups is 1. The van der Waals surface area contributed by atoms with E-state index in [1.807, 2.05) is 18.2 Å². The molecule has 2 heterocycles. The smallest absolute Gasteiger partial charge is 0.223 e. The van der Waals surface area contributed by atoms with E-state index in [-0.39, 0.29) is 51.9 Å². The van der Waals surface area contributed by atoms with Gasteiger partial charge >= 0.3 is 0 Å². The van der Waals surface area contributed by atoms with Gasteiger partial charge in [-0.1, -0.05) is 36.4 Å². The summed E-state index contributed by atoms with van der Waals surface area (Å²) in [4.78, 5) is 28.5. The molecule has 38 heavy (non-hydrogen) atoms. The third-order valence-electron chi connectivity index (χ3n) is 7.10. The number of aromatic hydroxyl groups is 3. The first-order valence-electron chi connectivity index (χ1n) is 12.6. The van der Waals surface area contributed by atoms with Crippen LogP contribution in [-0.2, 0) is 4.79 Å². The van der Waals surface area contributed by atoms with Gasteiger partial charge in [0.15, 0.2) is 16.9 Å². The summed E-state index contributed by atoms with van der Waals surface area (Å²) < 4.78 is 11.5. The Balaban J connectivity index is 1.74. The molecule has 4 aromatic rings. The van der Waals surface area contributed by atoms with Crippen LogP contribution >= 0.6 is 0 Å². The number of carbonyl (C=O) groups excluding carboxylic acids is 1. The molecule has 1 aliphatic heterocycles. The normalized spacial score (nSPS) is 14.4. The van der Waals surface area contributed by atoms with E-state index in [0.29, 0.717) is 24.2 Å². The third-order valence-corrected chi connectivity index (χ3v) is 7.10. The van der Waals surface area contributed by atoms with Crippen LogP contribution in [0.3, 0.4) is 0 Å². The van der Waals surface area contributed by atoms with E-state index >= 15 is 0 Å². The van der Waals surface area contributed by atoms with E-state index in [2.05, 4.69) is 0 Å². The zero-order valence-corrected chi connectivity index (χ0v) is 21.0. The summed E-state index contributed by atoms with van der Waals surface area (Å²) in [6.07, 6.45) is 2.89. The summed E-state index contributed by atoms with van der Waals surface area (Å²) in [5.41, 5.74) is 0.934. The fourth-order valence-electron chi connectivity index (χ4n) is 5.15. The molecule has 1 aliphatic rings. The largest absolute Gasteiger partial charge is 0.507 e. The van der Waals surface area contributed by atoms with E-state index < -0.39 is 17.1 Å². The Labute approximate surface area is 219 Å². The molecule has 1 amide bonds. The summed E-state index contributed by atoms with van der Waals surface area (Å²) in [6.45, 7) is 1.31. The number of piperidine rings is 1. The van der Waals surface area contributed by atoms with Gasteiger partial charge in [0, 0.05) is 48.7 Å². The number of ether oxygens (including phenoxy) is 1. The van der Waals surface area contributed by atoms with Gasteiger partial charge in [0.2, 0.25) is 5.91 Å². The predicted octanol–water partition coefficient (Wildman–Crippen LogP) is 5.12. The quantitative estimate of drug-likeness (QED) is 0.326. The standard InChI is InChI=1S/C30H29NO7/c1-37-26-14-19(10-11-21(26)32)20(15-27(36)31-12-6-3-7-13-31)28-22(33)16-23(34)29-24(35)17-25(38-30(28)29)18-8-4-2-5-9-18/h2,4-5,8-11,14,16-17,20,32-34H,3,6-7,12-13,15H2,1H3/t20-/m1/s1. The second kappa shape index (κ2) is 10.5. The lowest BCUT2D eigenvalue weighted by Gasteiger charge is -2.29. The zero-order chi connectivity index (χ0) is 26.8. The molecule has 8 nitrogen and oxygen atoms in total. The number of phenolic OH excluding ortho intramolecular Hbond substituents is 3. The maximum absolute atomic E-state index is 13.5. The molecular formula is C30H29NO7. The first-order valence-corrected chi connectivity index (χ1v) is 12.6. The fraction of sp³-hybridized carbons (Fsp3) is 0.267. The molecule has 1 aromatic heterocycles. The molecule has 0 saturated carbocycles. The van der Waals surface area contributed by atoms with Crippen LogP contribution in [0.4, 0.5) is 0 Å². The average Bonchev–Trinajstić information content (AvgIpc) is 2.93. The van der Waals surface area contributed by atoms with Gasteiger partial charge < -0.3 is 29.4 Å². The Morgan fingerprint density at radius 3 is 2.39 bits per heavy atom. The highest BCUT2D eigenvalue weighted by atomic mass is 16.5. The van der Waals surface area contributed by atoms with E-state index in [4.69, 9.17) is 9.15 Å². The van der Waals surface area contributed by atoms with E-state index in [1.165, 1.54) is 19.2 Å². The van der Waals surface area contributed by atoms with Crippen molar-refractivity contribution in [1.29, 1.82) is 0 Å². The van der Waals surface area contributed by atoms with Crippen molar-refractivity contribution in [2.24, 2.45) is 0 Å². The molecule has 1 fully saturated rings. The number of phenols is 3. The highest BCUT2D eigenvalue weighted by Crippen LogP contribution is 2.44. The van der Waals surface area contributed by atoms with Crippen LogP contribution in [0.15, 0.2) is 69.9 Å². The van der Waals surface area contributed by atoms with Gasteiger partial charge in [-0.15, -0.1) is 0 Å². The molecule has 196 valence electrons. The molecule has 0 spiro atoms. The number of nitrogens with zero attached hydrogens (tertiary/aromatic N) is 1. The number of hydrogen-bond acceptors (Lipinski definition) is 7. The fourth-order valence-corrected chi connectivity index (χ4v) is 5.15. The lowest BCUT2D eigenvalue weighted by molar-refractivity contribution is -0.132. The molecule has 0 unspecified atom stereocenters. The summed E-state index contributed by atoms with van der Waals surface area (Å²) >= 11 is 0. The second-order valence-electron chi connectivity index (χ2n) is 9.50. The van der Waals surface area contributed by atoms with Crippen molar-refractivity contribution in [2.45, 2.75) is 31.6 Å². The number of methoxy groups -OCH3 is 1. The van der Waals surface area contributed by atoms with Crippen molar-refractivity contribution < 1.29 is 29.3 Å². The van der Waals surface area contributed by atoms with Gasteiger partial charge in [-0.05, 0) is 37.0 Å². The van der Waals surface area contributed by atoms with Crippen LogP contribution in [0.5, 0.6) is 23.0 Å². The van der Waals surface area contributed by atoms with Crippen LogP contribution in [0.25, 0.3) is 22.3 Å². The lowest BCUT2D eigenvalue weighted by atomic mass is 9.85. The summed E-state index contributed by atoms with van der Waals surface area (Å²) in [7, 11) is 1.42. The minimum absolute atomic E-state index is 0.00246. The van der Waals surface area contributed by atoms with E-state index in [9.17, 15) is 24.9 Å². The molecule has 0 bridgehead atoms. The maximum atomic E-state index is 13.5. The molecular weight excluding hydrogens is 486 g/mol. The van der Waals surface area contributed by atoms with Gasteiger partial charge in [0.25, 0.3) is 0 Å². The van der Waals surface area contributed by atoms with Crippen molar-refractivity contribution in [2.75, 3.05) is 20.2 Å². The molecule has 3 N–H and O–H groups in total. The van der Waals surface area contributed by atoms with Gasteiger partial charge in [-0.3, -0.25) is 9.59 Å². The molecule has 1 atom stereocenters. The first kappa shape index (κ1) is 25.2. The Hall–Kier alpha value is -4.46. The minimum atomic E-state index is -0.767. The Morgan fingerprint density at radius 1 is 0.947 bits per heavy atom. The van der Waals surface area contributed by atoms with Crippen molar-refractivity contribution in [1.82, 2.24) is 4.90 Å². The van der Waals surface area contributed by atoms with Crippen LogP contribution in [0.1, 0.15) is 42.7 Å². The Kier molecular flexibility index (Phi) is 6.96. The number of amides is 1. The van der Waals surface area contributed by atoms with Crippen LogP contribution < -0.4 is 10.2 Å². The minimum Gasteiger partial charge on any atom is -0.507 e. The Morgan fingerprint density at radius 2 is 1.68 bits per heavy atom. The molecule has 0 aliphatic carbocycles. The number of hydrogen-bond donors (Lipinski definition) is 3. The summed E-state index contributed by atoms with van der Waals surface area (Å²) in [5, 5.41) is 31.9. The highest BCUT2D eigenvalue weighted by Gasteiger charge is 2.30. The van der Waals surface area contributed by atoms with Crippen LogP contribution in [-0.4, -0.2) is 46.3 Å². The monoisotopic (exact) mass is 515 g/mol. The van der Waals surface area contributed by atoms with Crippen LogP contribution in [0.2, 0.25) is 0 Å². The predicted molar refractivity (Wildman–Crippen MR) is 143 cm³/mol. The van der Waals surface area contributed by atoms with E-state index in [1.54, 1.807) is 29.2 Å². The lowest BCUT2D eigenvalue weighted by Crippen LogP contribution is -2.36. The third kappa shape index (κ3) is 4.77. The molecule has 0 radical (unpaired) electrons. The van der Waals surface area contributed by atoms with Gasteiger partial charge in [0.05, 0.1) is 7.11 Å². The molecule has 3 aromatic carbocycles. The summed E-state index contributed by atoms with van der Waals surface area (Å²) in [6, 6.07) is 16.1. The van der Waals surface area contributed by atoms with Gasteiger partial charge in [-0.2, -0.15) is 0 Å². The SMILES string of the molecule is COc1cc([C@@H](CC(=O)N2CCCCC2)c2c(O)cc(O)c3c(=O)cc(-c4ccccc4)oc23)ccc1O. The van der Waals surface area contributed by atoms with Crippen molar-refractivity contribution >= 4 is 16.9 Å².